The zero-order chi connectivity index (χ0) is 17.4. The van der Waals surface area contributed by atoms with Crippen molar-refractivity contribution in [3.8, 4) is 23.0 Å². The first-order valence-electron chi connectivity index (χ1n) is 8.06. The van der Waals surface area contributed by atoms with E-state index < -0.39 is 0 Å². The molecule has 1 heterocycles. The molecular weight excluding hydrogens is 332 g/mol. The SMILES string of the molecule is COc1cccc2c1[S+](c1ccccc1C)c1c(OC)cccc1O2. The molecule has 126 valence electrons. The molecule has 0 unspecified atom stereocenters. The van der Waals surface area contributed by atoms with E-state index in [1.165, 1.54) is 10.5 Å². The predicted octanol–water partition coefficient (Wildman–Crippen LogP) is 5.21. The average Bonchev–Trinajstić information content (AvgIpc) is 2.65. The summed E-state index contributed by atoms with van der Waals surface area (Å²) in [6.07, 6.45) is 0. The van der Waals surface area contributed by atoms with Crippen LogP contribution in [0.15, 0.2) is 75.4 Å². The Morgan fingerprint density at radius 2 is 1.28 bits per heavy atom. The van der Waals surface area contributed by atoms with Gasteiger partial charge in [-0.3, -0.25) is 0 Å². The molecule has 25 heavy (non-hydrogen) atoms. The molecule has 3 nitrogen and oxygen atoms in total. The summed E-state index contributed by atoms with van der Waals surface area (Å²) in [5.41, 5.74) is 1.24. The molecule has 0 spiro atoms. The van der Waals surface area contributed by atoms with Crippen LogP contribution in [0, 0.1) is 6.92 Å². The first kappa shape index (κ1) is 15.9. The fraction of sp³-hybridized carbons (Fsp3) is 0.143. The van der Waals surface area contributed by atoms with Crippen molar-refractivity contribution in [2.24, 2.45) is 0 Å². The second kappa shape index (κ2) is 6.37. The van der Waals surface area contributed by atoms with Gasteiger partial charge in [0.2, 0.25) is 0 Å². The fourth-order valence-corrected chi connectivity index (χ4v) is 5.68. The van der Waals surface area contributed by atoms with Gasteiger partial charge in [0.15, 0.2) is 27.9 Å². The zero-order valence-corrected chi connectivity index (χ0v) is 15.2. The number of rotatable bonds is 3. The summed E-state index contributed by atoms with van der Waals surface area (Å²) in [5, 5.41) is 0. The van der Waals surface area contributed by atoms with E-state index >= 15 is 0 Å². The van der Waals surface area contributed by atoms with Crippen LogP contribution in [0.3, 0.4) is 0 Å². The molecule has 0 atom stereocenters. The average molecular weight is 351 g/mol. The van der Waals surface area contributed by atoms with Gasteiger partial charge >= 0.3 is 0 Å². The Hall–Kier alpha value is -2.59. The van der Waals surface area contributed by atoms with Gasteiger partial charge in [-0.05, 0) is 37.3 Å². The predicted molar refractivity (Wildman–Crippen MR) is 99.4 cm³/mol. The van der Waals surface area contributed by atoms with E-state index in [1.54, 1.807) is 14.2 Å². The van der Waals surface area contributed by atoms with Gasteiger partial charge in [-0.2, -0.15) is 0 Å². The van der Waals surface area contributed by atoms with Crippen LogP contribution in [0.25, 0.3) is 0 Å². The quantitative estimate of drug-likeness (QED) is 0.474. The van der Waals surface area contributed by atoms with Crippen LogP contribution in [0.5, 0.6) is 23.0 Å². The normalized spacial score (nSPS) is 12.8. The molecule has 0 fully saturated rings. The standard InChI is InChI=1S/C21H19O3S/c1-14-8-4-5-13-19(14)25-20-15(22-2)9-6-11-17(20)24-18-12-7-10-16(23-3)21(18)25/h4-13H,1-3H3/q+1. The minimum Gasteiger partial charge on any atom is -0.491 e. The highest BCUT2D eigenvalue weighted by Gasteiger charge is 2.45. The van der Waals surface area contributed by atoms with E-state index in [0.717, 1.165) is 32.8 Å². The van der Waals surface area contributed by atoms with E-state index in [4.69, 9.17) is 14.2 Å². The molecule has 0 radical (unpaired) electrons. The van der Waals surface area contributed by atoms with Crippen LogP contribution in [0.4, 0.5) is 0 Å². The molecule has 3 aromatic carbocycles. The lowest BCUT2D eigenvalue weighted by Crippen LogP contribution is -2.15. The van der Waals surface area contributed by atoms with E-state index in [2.05, 4.69) is 31.2 Å². The third kappa shape index (κ3) is 2.53. The van der Waals surface area contributed by atoms with Gasteiger partial charge in [-0.25, -0.2) is 0 Å². The summed E-state index contributed by atoms with van der Waals surface area (Å²) >= 11 is 0. The highest BCUT2D eigenvalue weighted by atomic mass is 32.2. The summed E-state index contributed by atoms with van der Waals surface area (Å²) < 4.78 is 17.6. The molecule has 0 aliphatic carbocycles. The third-order valence-corrected chi connectivity index (χ3v) is 6.79. The highest BCUT2D eigenvalue weighted by molar-refractivity contribution is 7.97. The lowest BCUT2D eigenvalue weighted by molar-refractivity contribution is 0.377. The van der Waals surface area contributed by atoms with Crippen molar-refractivity contribution in [3.05, 3.63) is 66.2 Å². The van der Waals surface area contributed by atoms with Crippen molar-refractivity contribution in [2.75, 3.05) is 14.2 Å². The molecule has 0 bridgehead atoms. The van der Waals surface area contributed by atoms with E-state index in [1.807, 2.05) is 36.4 Å². The van der Waals surface area contributed by atoms with Gasteiger partial charge in [-0.15, -0.1) is 0 Å². The summed E-state index contributed by atoms with van der Waals surface area (Å²) in [7, 11) is 3.03. The number of methoxy groups -OCH3 is 2. The van der Waals surface area contributed by atoms with Gasteiger partial charge in [0.05, 0.1) is 14.2 Å². The topological polar surface area (TPSA) is 27.7 Å². The molecule has 0 amide bonds. The van der Waals surface area contributed by atoms with Crippen molar-refractivity contribution in [1.82, 2.24) is 0 Å². The Labute approximate surface area is 150 Å². The molecule has 4 heteroatoms. The van der Waals surface area contributed by atoms with Gasteiger partial charge in [-0.1, -0.05) is 30.3 Å². The van der Waals surface area contributed by atoms with Crippen LogP contribution >= 0.6 is 0 Å². The van der Waals surface area contributed by atoms with E-state index in [0.29, 0.717) is 0 Å². The second-order valence-electron chi connectivity index (χ2n) is 5.75. The maximum absolute atomic E-state index is 6.20. The molecule has 1 aliphatic heterocycles. The number of benzene rings is 3. The van der Waals surface area contributed by atoms with Gasteiger partial charge in [0.1, 0.15) is 10.9 Å². The summed E-state index contributed by atoms with van der Waals surface area (Å²) in [6.45, 7) is 2.14. The first-order chi connectivity index (χ1) is 12.2. The lowest BCUT2D eigenvalue weighted by Gasteiger charge is -2.23. The van der Waals surface area contributed by atoms with Crippen molar-refractivity contribution in [1.29, 1.82) is 0 Å². The molecule has 0 saturated carbocycles. The maximum Gasteiger partial charge on any atom is 0.250 e. The Balaban J connectivity index is 2.07. The minimum atomic E-state index is -0.367. The van der Waals surface area contributed by atoms with Gasteiger partial charge < -0.3 is 14.2 Å². The van der Waals surface area contributed by atoms with Crippen molar-refractivity contribution < 1.29 is 14.2 Å². The number of hydrogen-bond acceptors (Lipinski definition) is 3. The molecule has 3 aromatic rings. The number of aryl methyl sites for hydroxylation is 1. The number of hydrogen-bond donors (Lipinski definition) is 0. The first-order valence-corrected chi connectivity index (χ1v) is 9.29. The molecule has 4 rings (SSSR count). The maximum atomic E-state index is 6.20. The van der Waals surface area contributed by atoms with Crippen LogP contribution in [0.2, 0.25) is 0 Å². The Morgan fingerprint density at radius 3 is 1.80 bits per heavy atom. The summed E-state index contributed by atoms with van der Waals surface area (Å²) in [4.78, 5) is 3.38. The van der Waals surface area contributed by atoms with E-state index in [-0.39, 0.29) is 10.9 Å². The second-order valence-corrected chi connectivity index (χ2v) is 7.62. The Kier molecular flexibility index (Phi) is 4.06. The van der Waals surface area contributed by atoms with Crippen LogP contribution in [-0.4, -0.2) is 14.2 Å². The molecular formula is C21H19O3S+. The van der Waals surface area contributed by atoms with Crippen molar-refractivity contribution >= 4 is 10.9 Å². The molecule has 0 N–H and O–H groups in total. The summed E-state index contributed by atoms with van der Waals surface area (Å²) in [6, 6.07) is 20.4. The highest BCUT2D eigenvalue weighted by Crippen LogP contribution is 2.53. The van der Waals surface area contributed by atoms with Crippen LogP contribution in [0.1, 0.15) is 5.56 Å². The van der Waals surface area contributed by atoms with Crippen LogP contribution in [-0.2, 0) is 10.9 Å². The van der Waals surface area contributed by atoms with Gasteiger partial charge in [0, 0.05) is 5.56 Å². The lowest BCUT2D eigenvalue weighted by atomic mass is 10.2. The molecule has 1 aliphatic rings. The molecule has 0 aromatic heterocycles. The smallest absolute Gasteiger partial charge is 0.250 e. The zero-order valence-electron chi connectivity index (χ0n) is 14.4. The van der Waals surface area contributed by atoms with Gasteiger partial charge in [0.25, 0.3) is 9.79 Å². The third-order valence-electron chi connectivity index (χ3n) is 4.27. The number of ether oxygens (including phenoxy) is 3. The largest absolute Gasteiger partial charge is 0.491 e. The minimum absolute atomic E-state index is 0.367. The van der Waals surface area contributed by atoms with Crippen molar-refractivity contribution in [3.63, 3.8) is 0 Å². The van der Waals surface area contributed by atoms with Crippen LogP contribution < -0.4 is 14.2 Å². The summed E-state index contributed by atoms with van der Waals surface area (Å²) in [5.74, 6) is 3.35. The van der Waals surface area contributed by atoms with E-state index in [9.17, 15) is 0 Å². The number of fused-ring (bicyclic) bond motifs is 2. The Morgan fingerprint density at radius 1 is 0.720 bits per heavy atom. The fourth-order valence-electron chi connectivity index (χ4n) is 3.10. The monoisotopic (exact) mass is 351 g/mol. The molecule has 0 saturated heterocycles. The Bertz CT molecular complexity index is 883. The van der Waals surface area contributed by atoms with Crippen molar-refractivity contribution in [2.45, 2.75) is 21.6 Å².